The Morgan fingerprint density at radius 1 is 1.44 bits per heavy atom. The topological polar surface area (TPSA) is 60.2 Å². The summed E-state index contributed by atoms with van der Waals surface area (Å²) < 4.78 is 0. The summed E-state index contributed by atoms with van der Waals surface area (Å²) in [5.74, 6) is -0.847. The molecule has 0 radical (unpaired) electrons. The lowest BCUT2D eigenvalue weighted by Gasteiger charge is -2.19. The standard InChI is InChI=1S/C11H12ClNO3/c1-2-11(8-12,13(15)16)10(14)9-6-4-3-5-7-9/h3-7H,2,8H2,1H3. The van der Waals surface area contributed by atoms with Crippen molar-refractivity contribution in [3.63, 3.8) is 0 Å². The second-order valence-corrected chi connectivity index (χ2v) is 3.74. The molecule has 0 amide bonds. The maximum absolute atomic E-state index is 12.0. The minimum absolute atomic E-state index is 0.0806. The fourth-order valence-corrected chi connectivity index (χ4v) is 1.84. The molecule has 0 N–H and O–H groups in total. The number of nitrogens with zero attached hydrogens (tertiary/aromatic N) is 1. The van der Waals surface area contributed by atoms with Gasteiger partial charge in [0.1, 0.15) is 5.88 Å². The van der Waals surface area contributed by atoms with Crippen molar-refractivity contribution < 1.29 is 9.72 Å². The smallest absolute Gasteiger partial charge is 0.286 e. The zero-order valence-corrected chi connectivity index (χ0v) is 9.61. The quantitative estimate of drug-likeness (QED) is 0.344. The molecule has 1 rings (SSSR count). The molecule has 0 aliphatic rings. The number of hydrogen-bond acceptors (Lipinski definition) is 3. The van der Waals surface area contributed by atoms with Crippen LogP contribution in [-0.2, 0) is 0 Å². The van der Waals surface area contributed by atoms with Gasteiger partial charge in [-0.1, -0.05) is 37.3 Å². The fraction of sp³-hybridized carbons (Fsp3) is 0.364. The monoisotopic (exact) mass is 241 g/mol. The van der Waals surface area contributed by atoms with Gasteiger partial charge in [-0.05, 0) is 0 Å². The van der Waals surface area contributed by atoms with Gasteiger partial charge in [-0.25, -0.2) is 0 Å². The number of Topliss-reactive ketones (excluding diaryl/α,β-unsaturated/α-hetero) is 1. The minimum Gasteiger partial charge on any atom is -0.286 e. The third kappa shape index (κ3) is 2.07. The number of carbonyl (C=O) groups excluding carboxylic acids is 1. The van der Waals surface area contributed by atoms with Gasteiger partial charge in [-0.15, -0.1) is 11.6 Å². The van der Waals surface area contributed by atoms with Crippen LogP contribution in [0, 0.1) is 10.1 Å². The predicted molar refractivity (Wildman–Crippen MR) is 61.5 cm³/mol. The molecule has 1 aromatic carbocycles. The van der Waals surface area contributed by atoms with E-state index in [9.17, 15) is 14.9 Å². The SMILES string of the molecule is CCC(CCl)(C(=O)c1ccccc1)[N+](=O)[O-]. The number of ketones is 1. The van der Waals surface area contributed by atoms with Crippen LogP contribution >= 0.6 is 11.6 Å². The normalized spacial score (nSPS) is 14.1. The summed E-state index contributed by atoms with van der Waals surface area (Å²) in [6.07, 6.45) is 0.0806. The average Bonchev–Trinajstić information content (AvgIpc) is 2.32. The molecule has 0 aliphatic carbocycles. The summed E-state index contributed by atoms with van der Waals surface area (Å²) in [5, 5.41) is 11.0. The van der Waals surface area contributed by atoms with Gasteiger partial charge in [0, 0.05) is 16.9 Å². The van der Waals surface area contributed by atoms with Crippen LogP contribution in [0.15, 0.2) is 30.3 Å². The number of carbonyl (C=O) groups is 1. The second-order valence-electron chi connectivity index (χ2n) is 3.47. The van der Waals surface area contributed by atoms with Gasteiger partial charge >= 0.3 is 0 Å². The van der Waals surface area contributed by atoms with E-state index in [2.05, 4.69) is 0 Å². The van der Waals surface area contributed by atoms with E-state index in [0.717, 1.165) is 0 Å². The number of hydrogen-bond donors (Lipinski definition) is 0. The molecule has 0 fully saturated rings. The van der Waals surface area contributed by atoms with Gasteiger partial charge in [0.2, 0.25) is 5.78 Å². The Bertz CT molecular complexity index is 387. The van der Waals surface area contributed by atoms with Crippen molar-refractivity contribution >= 4 is 17.4 Å². The van der Waals surface area contributed by atoms with Gasteiger partial charge < -0.3 is 0 Å². The molecule has 5 heteroatoms. The zero-order chi connectivity index (χ0) is 12.2. The second kappa shape index (κ2) is 5.07. The van der Waals surface area contributed by atoms with Crippen molar-refractivity contribution in [1.82, 2.24) is 0 Å². The number of nitro groups is 1. The maximum atomic E-state index is 12.0. The number of rotatable bonds is 5. The molecule has 86 valence electrons. The Labute approximate surface area is 98.4 Å². The first-order valence-electron chi connectivity index (χ1n) is 4.89. The van der Waals surface area contributed by atoms with Crippen molar-refractivity contribution in [2.75, 3.05) is 5.88 Å². The highest BCUT2D eigenvalue weighted by atomic mass is 35.5. The van der Waals surface area contributed by atoms with E-state index in [0.29, 0.717) is 5.56 Å². The summed E-state index contributed by atoms with van der Waals surface area (Å²) in [4.78, 5) is 22.5. The number of alkyl halides is 1. The first kappa shape index (κ1) is 12.6. The van der Waals surface area contributed by atoms with Crippen molar-refractivity contribution in [2.45, 2.75) is 18.9 Å². The molecule has 4 nitrogen and oxygen atoms in total. The zero-order valence-electron chi connectivity index (χ0n) is 8.85. The van der Waals surface area contributed by atoms with E-state index in [-0.39, 0.29) is 12.3 Å². The third-order valence-corrected chi connectivity index (χ3v) is 3.06. The molecule has 1 aromatic rings. The van der Waals surface area contributed by atoms with Crippen LogP contribution in [-0.4, -0.2) is 22.1 Å². The van der Waals surface area contributed by atoms with E-state index in [1.807, 2.05) is 0 Å². The number of benzene rings is 1. The van der Waals surface area contributed by atoms with E-state index in [1.54, 1.807) is 37.3 Å². The molecular formula is C11H12ClNO3. The molecule has 0 aromatic heterocycles. The van der Waals surface area contributed by atoms with Crippen LogP contribution in [0.3, 0.4) is 0 Å². The van der Waals surface area contributed by atoms with Crippen molar-refractivity contribution in [3.05, 3.63) is 46.0 Å². The molecular weight excluding hydrogens is 230 g/mol. The Balaban J connectivity index is 3.15. The Hall–Kier alpha value is -1.42. The lowest BCUT2D eigenvalue weighted by molar-refractivity contribution is -0.544. The lowest BCUT2D eigenvalue weighted by atomic mass is 9.89. The largest absolute Gasteiger partial charge is 0.296 e. The maximum Gasteiger partial charge on any atom is 0.296 e. The Morgan fingerprint density at radius 3 is 2.38 bits per heavy atom. The van der Waals surface area contributed by atoms with Crippen LogP contribution in [0.1, 0.15) is 23.7 Å². The Morgan fingerprint density at radius 2 is 2.00 bits per heavy atom. The van der Waals surface area contributed by atoms with Gasteiger partial charge in [-0.3, -0.25) is 14.9 Å². The minimum atomic E-state index is -1.71. The molecule has 16 heavy (non-hydrogen) atoms. The van der Waals surface area contributed by atoms with Crippen LogP contribution in [0.4, 0.5) is 0 Å². The summed E-state index contributed by atoms with van der Waals surface area (Å²) in [5.41, 5.74) is -1.38. The predicted octanol–water partition coefficient (Wildman–Crippen LogP) is 2.53. The first-order valence-corrected chi connectivity index (χ1v) is 5.42. The molecule has 0 heterocycles. The van der Waals surface area contributed by atoms with Crippen molar-refractivity contribution in [1.29, 1.82) is 0 Å². The molecule has 0 saturated heterocycles. The summed E-state index contributed by atoms with van der Waals surface area (Å²) in [6.45, 7) is 1.59. The molecule has 1 unspecified atom stereocenters. The van der Waals surface area contributed by atoms with Crippen LogP contribution in [0.5, 0.6) is 0 Å². The summed E-state index contributed by atoms with van der Waals surface area (Å²) >= 11 is 5.60. The van der Waals surface area contributed by atoms with E-state index in [4.69, 9.17) is 11.6 Å². The van der Waals surface area contributed by atoms with Crippen LogP contribution < -0.4 is 0 Å². The molecule has 1 atom stereocenters. The lowest BCUT2D eigenvalue weighted by Crippen LogP contribution is -2.47. The summed E-state index contributed by atoms with van der Waals surface area (Å²) in [6, 6.07) is 8.20. The molecule has 0 saturated carbocycles. The van der Waals surface area contributed by atoms with Crippen LogP contribution in [0.25, 0.3) is 0 Å². The highest BCUT2D eigenvalue weighted by Gasteiger charge is 2.48. The van der Waals surface area contributed by atoms with Crippen molar-refractivity contribution in [3.8, 4) is 0 Å². The van der Waals surface area contributed by atoms with Gasteiger partial charge in [-0.2, -0.15) is 0 Å². The highest BCUT2D eigenvalue weighted by Crippen LogP contribution is 2.22. The van der Waals surface area contributed by atoms with Gasteiger partial charge in [0.25, 0.3) is 5.54 Å². The van der Waals surface area contributed by atoms with E-state index < -0.39 is 16.2 Å². The molecule has 0 bridgehead atoms. The summed E-state index contributed by atoms with van der Waals surface area (Å²) in [7, 11) is 0. The molecule has 0 aliphatic heterocycles. The Kier molecular flexibility index (Phi) is 4.01. The first-order chi connectivity index (χ1) is 7.58. The van der Waals surface area contributed by atoms with Crippen LogP contribution in [0.2, 0.25) is 0 Å². The highest BCUT2D eigenvalue weighted by molar-refractivity contribution is 6.21. The van der Waals surface area contributed by atoms with Gasteiger partial charge in [0.05, 0.1) is 0 Å². The fourth-order valence-electron chi connectivity index (χ4n) is 1.43. The van der Waals surface area contributed by atoms with E-state index >= 15 is 0 Å². The van der Waals surface area contributed by atoms with E-state index in [1.165, 1.54) is 0 Å². The number of halogens is 1. The molecule has 0 spiro atoms. The van der Waals surface area contributed by atoms with Gasteiger partial charge in [0.15, 0.2) is 0 Å². The average molecular weight is 242 g/mol. The third-order valence-electron chi connectivity index (χ3n) is 2.61. The van der Waals surface area contributed by atoms with Crippen molar-refractivity contribution in [2.24, 2.45) is 0 Å².